The highest BCUT2D eigenvalue weighted by atomic mass is 16.8. The Bertz CT molecular complexity index is 597. The number of piperazine rings is 1. The molecule has 9 nitrogen and oxygen atoms in total. The summed E-state index contributed by atoms with van der Waals surface area (Å²) < 4.78 is 17.0. The zero-order valence-corrected chi connectivity index (χ0v) is 14.9. The number of fused-ring (bicyclic) bond motifs is 5. The number of hydrogen-bond donors (Lipinski definition) is 4. The lowest BCUT2D eigenvalue weighted by Gasteiger charge is -2.51. The summed E-state index contributed by atoms with van der Waals surface area (Å²) in [5.41, 5.74) is -5.36. The van der Waals surface area contributed by atoms with Crippen molar-refractivity contribution in [3.63, 3.8) is 0 Å². The van der Waals surface area contributed by atoms with Gasteiger partial charge in [0.05, 0.1) is 13.2 Å². The third-order valence-electron chi connectivity index (χ3n) is 5.32. The first-order valence-electron chi connectivity index (χ1n) is 8.53. The molecule has 0 aromatic carbocycles. The van der Waals surface area contributed by atoms with Crippen LogP contribution in [0.25, 0.3) is 0 Å². The Hall–Kier alpha value is -1.26. The van der Waals surface area contributed by atoms with Crippen LogP contribution < -0.4 is 10.6 Å². The highest BCUT2D eigenvalue weighted by molar-refractivity contribution is 6.01. The molecule has 0 radical (unpaired) electrons. The molecule has 4 aliphatic rings. The highest BCUT2D eigenvalue weighted by Gasteiger charge is 2.66. The summed E-state index contributed by atoms with van der Waals surface area (Å²) in [6.07, 6.45) is -0.714. The summed E-state index contributed by atoms with van der Waals surface area (Å²) in [5.74, 6) is -3.06. The number of carbonyl (C=O) groups is 2. The quantitative estimate of drug-likeness (QED) is 0.508. The van der Waals surface area contributed by atoms with Gasteiger partial charge in [0, 0.05) is 5.92 Å². The predicted molar refractivity (Wildman–Crippen MR) is 83.8 cm³/mol. The van der Waals surface area contributed by atoms with Crippen LogP contribution in [0.15, 0.2) is 0 Å². The van der Waals surface area contributed by atoms with Crippen LogP contribution >= 0.6 is 0 Å². The zero-order chi connectivity index (χ0) is 18.7. The molecule has 0 aromatic rings. The number of aliphatic hydroxyl groups excluding tert-OH is 1. The molecule has 2 amide bonds. The minimum Gasteiger partial charge on any atom is -0.384 e. The second-order valence-corrected chi connectivity index (χ2v) is 7.66. The molecule has 142 valence electrons. The van der Waals surface area contributed by atoms with Gasteiger partial charge in [-0.3, -0.25) is 9.59 Å². The van der Waals surface area contributed by atoms with Gasteiger partial charge in [0.2, 0.25) is 5.72 Å². The van der Waals surface area contributed by atoms with E-state index in [4.69, 9.17) is 14.2 Å². The van der Waals surface area contributed by atoms with Crippen molar-refractivity contribution in [3.05, 3.63) is 0 Å². The molecule has 25 heavy (non-hydrogen) atoms. The topological polar surface area (TPSA) is 126 Å². The molecular formula is C16H26N2O7. The average molecular weight is 358 g/mol. The van der Waals surface area contributed by atoms with Crippen LogP contribution in [-0.2, 0) is 23.8 Å². The molecule has 4 N–H and O–H groups in total. The molecule has 9 heteroatoms. The molecule has 4 fully saturated rings. The first-order chi connectivity index (χ1) is 11.5. The van der Waals surface area contributed by atoms with Gasteiger partial charge in [-0.15, -0.1) is 0 Å². The summed E-state index contributed by atoms with van der Waals surface area (Å²) in [6, 6.07) is 0. The van der Waals surface area contributed by atoms with Gasteiger partial charge in [-0.1, -0.05) is 6.92 Å². The molecule has 0 aromatic heterocycles. The lowest BCUT2D eigenvalue weighted by molar-refractivity contribution is -0.248. The fraction of sp³-hybridized carbons (Fsp3) is 0.875. The van der Waals surface area contributed by atoms with Crippen molar-refractivity contribution < 1.29 is 34.0 Å². The number of aliphatic hydroxyl groups is 2. The Kier molecular flexibility index (Phi) is 4.16. The van der Waals surface area contributed by atoms with E-state index < -0.39 is 46.7 Å². The molecule has 4 rings (SSSR count). The van der Waals surface area contributed by atoms with Crippen LogP contribution in [0.4, 0.5) is 0 Å². The number of nitrogens with one attached hydrogen (secondary N) is 2. The second-order valence-electron chi connectivity index (χ2n) is 7.66. The molecule has 4 aliphatic heterocycles. The largest absolute Gasteiger partial charge is 0.384 e. The van der Waals surface area contributed by atoms with Crippen molar-refractivity contribution in [1.82, 2.24) is 10.6 Å². The molecule has 0 unspecified atom stereocenters. The second kappa shape index (κ2) is 5.62. The van der Waals surface area contributed by atoms with Crippen LogP contribution in [-0.4, -0.2) is 64.2 Å². The van der Waals surface area contributed by atoms with Crippen molar-refractivity contribution in [2.24, 2.45) is 5.92 Å². The van der Waals surface area contributed by atoms with Gasteiger partial charge in [0.25, 0.3) is 17.5 Å². The fourth-order valence-electron chi connectivity index (χ4n) is 3.88. The van der Waals surface area contributed by atoms with Crippen LogP contribution in [0.1, 0.15) is 40.5 Å². The fourth-order valence-corrected chi connectivity index (χ4v) is 3.88. The van der Waals surface area contributed by atoms with E-state index in [1.807, 2.05) is 6.92 Å². The molecular weight excluding hydrogens is 332 g/mol. The average Bonchev–Trinajstić information content (AvgIpc) is 2.81. The lowest BCUT2D eigenvalue weighted by Crippen LogP contribution is -2.83. The summed E-state index contributed by atoms with van der Waals surface area (Å²) in [6.45, 7) is 6.87. The van der Waals surface area contributed by atoms with E-state index in [1.54, 1.807) is 20.8 Å². The van der Waals surface area contributed by atoms with Gasteiger partial charge in [-0.2, -0.15) is 0 Å². The summed E-state index contributed by atoms with van der Waals surface area (Å²) in [4.78, 5) is 25.4. The zero-order valence-electron chi connectivity index (χ0n) is 14.9. The van der Waals surface area contributed by atoms with E-state index in [2.05, 4.69) is 10.6 Å². The SMILES string of the molecule is CC[C@@H]1CCO[C@]2([C@@H](O)[C@]3(C)COC(C)(C)O3)NC(=O)[C@@]1(O)NC2=O. The van der Waals surface area contributed by atoms with E-state index in [9.17, 15) is 19.8 Å². The standard InChI is InChI=1S/C16H26N2O7/c1-5-9-6-7-23-16(12(21)17-15(9,22)11(20)18-16)10(19)14(4)8-24-13(2,3)25-14/h9-10,19,22H,5-8H2,1-4H3,(H,17,21)(H,18,20)/t9-,10+,14+,15-,16+/m1/s1. The number of rotatable bonds is 3. The number of amides is 2. The smallest absolute Gasteiger partial charge is 0.278 e. The van der Waals surface area contributed by atoms with E-state index in [-0.39, 0.29) is 13.2 Å². The van der Waals surface area contributed by atoms with E-state index in [0.717, 1.165) is 0 Å². The van der Waals surface area contributed by atoms with Crippen LogP contribution in [0, 0.1) is 5.92 Å². The van der Waals surface area contributed by atoms with E-state index in [0.29, 0.717) is 12.8 Å². The van der Waals surface area contributed by atoms with Gasteiger partial charge in [-0.05, 0) is 33.6 Å². The van der Waals surface area contributed by atoms with Gasteiger partial charge in [0.15, 0.2) is 5.79 Å². The Labute approximate surface area is 146 Å². The Morgan fingerprint density at radius 1 is 1.20 bits per heavy atom. The third-order valence-corrected chi connectivity index (χ3v) is 5.32. The molecule has 2 bridgehead atoms. The molecule has 4 heterocycles. The van der Waals surface area contributed by atoms with E-state index in [1.165, 1.54) is 0 Å². The summed E-state index contributed by atoms with van der Waals surface area (Å²) >= 11 is 0. The van der Waals surface area contributed by atoms with Crippen molar-refractivity contribution >= 4 is 11.8 Å². The molecule has 5 atom stereocenters. The van der Waals surface area contributed by atoms with Crippen molar-refractivity contribution in [2.45, 2.75) is 69.5 Å². The van der Waals surface area contributed by atoms with Gasteiger partial charge < -0.3 is 35.1 Å². The molecule has 0 aliphatic carbocycles. The molecule has 0 saturated carbocycles. The number of carbonyl (C=O) groups excluding carboxylic acids is 2. The first kappa shape index (κ1) is 18.5. The Balaban J connectivity index is 1.96. The molecule has 4 saturated heterocycles. The molecule has 0 spiro atoms. The van der Waals surface area contributed by atoms with Gasteiger partial charge in [0.1, 0.15) is 11.7 Å². The van der Waals surface area contributed by atoms with E-state index >= 15 is 0 Å². The maximum atomic E-state index is 12.8. The minimum atomic E-state index is -2.06. The predicted octanol–water partition coefficient (Wildman–Crippen LogP) is -1.03. The van der Waals surface area contributed by atoms with Crippen molar-refractivity contribution in [2.75, 3.05) is 13.2 Å². The van der Waals surface area contributed by atoms with Crippen molar-refractivity contribution in [3.8, 4) is 0 Å². The van der Waals surface area contributed by atoms with Crippen LogP contribution in [0.5, 0.6) is 0 Å². The third kappa shape index (κ3) is 2.65. The van der Waals surface area contributed by atoms with Gasteiger partial charge >= 0.3 is 0 Å². The monoisotopic (exact) mass is 358 g/mol. The lowest BCUT2D eigenvalue weighted by atomic mass is 9.81. The first-order valence-corrected chi connectivity index (χ1v) is 8.53. The Morgan fingerprint density at radius 3 is 2.44 bits per heavy atom. The summed E-state index contributed by atoms with van der Waals surface area (Å²) in [5, 5.41) is 26.4. The van der Waals surface area contributed by atoms with Crippen LogP contribution in [0.3, 0.4) is 0 Å². The minimum absolute atomic E-state index is 0.0112. The maximum absolute atomic E-state index is 12.8. The maximum Gasteiger partial charge on any atom is 0.278 e. The normalized spacial score (nSPS) is 44.6. The summed E-state index contributed by atoms with van der Waals surface area (Å²) in [7, 11) is 0. The van der Waals surface area contributed by atoms with Gasteiger partial charge in [-0.25, -0.2) is 0 Å². The van der Waals surface area contributed by atoms with Crippen LogP contribution in [0.2, 0.25) is 0 Å². The number of hydrogen-bond acceptors (Lipinski definition) is 7. The highest BCUT2D eigenvalue weighted by Crippen LogP contribution is 2.40. The number of ether oxygens (including phenoxy) is 3. The van der Waals surface area contributed by atoms with Crippen molar-refractivity contribution in [1.29, 1.82) is 0 Å². The Morgan fingerprint density at radius 2 is 1.88 bits per heavy atom.